The highest BCUT2D eigenvalue weighted by Crippen LogP contribution is 2.39. The van der Waals surface area contributed by atoms with Crippen LogP contribution in [0.4, 0.5) is 13.2 Å². The van der Waals surface area contributed by atoms with Gasteiger partial charge in [-0.3, -0.25) is 24.8 Å². The molecule has 33 heavy (non-hydrogen) atoms. The highest BCUT2D eigenvalue weighted by atomic mass is 19.4. The number of aromatic nitrogens is 1. The molecule has 3 heterocycles. The first kappa shape index (κ1) is 24.4. The van der Waals surface area contributed by atoms with E-state index in [9.17, 15) is 18.0 Å². The number of nitrogens with one attached hydrogen (secondary N) is 1. The van der Waals surface area contributed by atoms with Crippen molar-refractivity contribution in [3.05, 3.63) is 48.3 Å². The topological polar surface area (TPSA) is 110 Å². The van der Waals surface area contributed by atoms with Gasteiger partial charge in [0.25, 0.3) is 0 Å². The maximum absolute atomic E-state index is 12.5. The number of hydrogen-bond acceptors (Lipinski definition) is 8. The third-order valence-corrected chi connectivity index (χ3v) is 5.56. The van der Waals surface area contributed by atoms with Crippen molar-refractivity contribution in [1.29, 1.82) is 0 Å². The van der Waals surface area contributed by atoms with Gasteiger partial charge in [0.15, 0.2) is 0 Å². The standard InChI is InChI=1S/C20H20F3N3O2.CH2O4.H2/c1-26-10-8-19(18(26)27)7-5-16(25-19)17-12-14(6-9-24-17)13-3-2-4-15(11-13)28-20(21,22)23;2-1-4-5-3;/h2-4,6,9,11-12,16,25H,5,7-8,10H2,1H3;1,3H;1H/t16-,19+;;/m1../s1. The number of alkyl halides is 3. The number of halogens is 3. The average Bonchev–Trinajstić information content (AvgIpc) is 3.34. The molecule has 2 aromatic rings. The molecule has 1 spiro atoms. The third kappa shape index (κ3) is 5.97. The number of hydrogen-bond donors (Lipinski definition) is 2. The van der Waals surface area contributed by atoms with Crippen LogP contribution in [-0.4, -0.2) is 53.0 Å². The van der Waals surface area contributed by atoms with E-state index in [1.54, 1.807) is 30.3 Å². The van der Waals surface area contributed by atoms with Crippen LogP contribution in [0.1, 0.15) is 32.4 Å². The molecule has 2 aliphatic rings. The van der Waals surface area contributed by atoms with Crippen LogP contribution in [0.3, 0.4) is 0 Å². The minimum atomic E-state index is -4.73. The zero-order valence-electron chi connectivity index (χ0n) is 17.5. The van der Waals surface area contributed by atoms with Crippen LogP contribution in [-0.2, 0) is 19.5 Å². The summed E-state index contributed by atoms with van der Waals surface area (Å²) >= 11 is 0. The number of nitrogens with zero attached hydrogens (tertiary/aromatic N) is 2. The number of pyridine rings is 1. The minimum absolute atomic E-state index is 0. The van der Waals surface area contributed by atoms with Gasteiger partial charge in [0.1, 0.15) is 11.3 Å². The van der Waals surface area contributed by atoms with Gasteiger partial charge in [0.2, 0.25) is 5.91 Å². The fraction of sp³-hybridized carbons (Fsp3) is 0.381. The van der Waals surface area contributed by atoms with Crippen LogP contribution in [0.5, 0.6) is 5.75 Å². The van der Waals surface area contributed by atoms with E-state index in [4.69, 9.17) is 10.1 Å². The molecule has 2 atom stereocenters. The normalized spacial score (nSPS) is 22.2. The molecule has 4 rings (SSSR count). The predicted molar refractivity (Wildman–Crippen MR) is 109 cm³/mol. The summed E-state index contributed by atoms with van der Waals surface area (Å²) in [7, 11) is 1.81. The van der Waals surface area contributed by atoms with Crippen LogP contribution in [0, 0.1) is 0 Å². The Morgan fingerprint density at radius 3 is 2.64 bits per heavy atom. The number of rotatable bonds is 5. The zero-order valence-corrected chi connectivity index (χ0v) is 17.5. The Labute approximate surface area is 188 Å². The molecule has 0 aliphatic carbocycles. The van der Waals surface area contributed by atoms with Gasteiger partial charge in [-0.1, -0.05) is 12.1 Å². The average molecular weight is 471 g/mol. The van der Waals surface area contributed by atoms with Crippen LogP contribution in [0.25, 0.3) is 11.1 Å². The maximum Gasteiger partial charge on any atom is 0.573 e. The second-order valence-electron chi connectivity index (χ2n) is 7.61. The summed E-state index contributed by atoms with van der Waals surface area (Å²) in [6, 6.07) is 9.40. The Morgan fingerprint density at radius 1 is 1.27 bits per heavy atom. The molecule has 12 heteroatoms. The first-order chi connectivity index (χ1) is 15.7. The van der Waals surface area contributed by atoms with Crippen molar-refractivity contribution in [2.24, 2.45) is 0 Å². The van der Waals surface area contributed by atoms with Gasteiger partial charge in [0.05, 0.1) is 11.7 Å². The van der Waals surface area contributed by atoms with Gasteiger partial charge < -0.3 is 9.64 Å². The summed E-state index contributed by atoms with van der Waals surface area (Å²) in [5.74, 6) is -0.149. The minimum Gasteiger partial charge on any atom is -0.406 e. The van der Waals surface area contributed by atoms with E-state index in [0.29, 0.717) is 5.56 Å². The van der Waals surface area contributed by atoms with Gasteiger partial charge in [-0.25, -0.2) is 5.26 Å². The molecule has 2 aliphatic heterocycles. The van der Waals surface area contributed by atoms with Crippen molar-refractivity contribution >= 4 is 12.4 Å². The highest BCUT2D eigenvalue weighted by molar-refractivity contribution is 5.88. The molecule has 180 valence electrons. The van der Waals surface area contributed by atoms with Crippen LogP contribution in [0.2, 0.25) is 0 Å². The summed E-state index contributed by atoms with van der Waals surface area (Å²) in [4.78, 5) is 30.8. The molecular weight excluding hydrogens is 447 g/mol. The predicted octanol–water partition coefficient (Wildman–Crippen LogP) is 3.48. The Balaban J connectivity index is 0.000000619. The van der Waals surface area contributed by atoms with E-state index in [2.05, 4.69) is 25.0 Å². The molecule has 2 fully saturated rings. The van der Waals surface area contributed by atoms with Crippen molar-refractivity contribution in [3.8, 4) is 16.9 Å². The number of carbonyl (C=O) groups excluding carboxylic acids is 2. The van der Waals surface area contributed by atoms with E-state index >= 15 is 0 Å². The van der Waals surface area contributed by atoms with Crippen molar-refractivity contribution in [2.45, 2.75) is 37.2 Å². The largest absolute Gasteiger partial charge is 0.573 e. The summed E-state index contributed by atoms with van der Waals surface area (Å²) in [6.45, 7) is 0.692. The molecule has 0 bridgehead atoms. The first-order valence-electron chi connectivity index (χ1n) is 9.93. The van der Waals surface area contributed by atoms with Crippen molar-refractivity contribution in [1.82, 2.24) is 15.2 Å². The van der Waals surface area contributed by atoms with Crippen LogP contribution in [0.15, 0.2) is 42.6 Å². The molecule has 1 aromatic carbocycles. The molecule has 0 unspecified atom stereocenters. The lowest BCUT2D eigenvalue weighted by Gasteiger charge is -2.23. The molecule has 9 nitrogen and oxygen atoms in total. The third-order valence-electron chi connectivity index (χ3n) is 5.56. The van der Waals surface area contributed by atoms with Crippen molar-refractivity contribution < 1.29 is 44.1 Å². The summed E-state index contributed by atoms with van der Waals surface area (Å²) in [6.07, 6.45) is -0.785. The Kier molecular flexibility index (Phi) is 7.51. The van der Waals surface area contributed by atoms with E-state index < -0.39 is 11.9 Å². The number of likely N-dealkylation sites (N-methyl/N-ethyl adjacent to an activating group) is 1. The number of ether oxygens (including phenoxy) is 1. The fourth-order valence-electron chi connectivity index (χ4n) is 4.10. The first-order valence-corrected chi connectivity index (χ1v) is 9.93. The van der Waals surface area contributed by atoms with E-state index in [0.717, 1.165) is 37.1 Å². The molecule has 0 saturated carbocycles. The molecule has 1 aromatic heterocycles. The van der Waals surface area contributed by atoms with E-state index in [1.165, 1.54) is 18.2 Å². The lowest BCUT2D eigenvalue weighted by Crippen LogP contribution is -2.47. The number of benzene rings is 1. The molecule has 1 amide bonds. The Morgan fingerprint density at radius 2 is 2.03 bits per heavy atom. The maximum atomic E-state index is 12.5. The number of amides is 1. The summed E-state index contributed by atoms with van der Waals surface area (Å²) < 4.78 is 41.4. The Hall–Kier alpha value is -3.22. The Bertz CT molecular complexity index is 996. The second kappa shape index (κ2) is 10.1. The van der Waals surface area contributed by atoms with E-state index in [-0.39, 0.29) is 25.6 Å². The van der Waals surface area contributed by atoms with Crippen LogP contribution < -0.4 is 10.1 Å². The van der Waals surface area contributed by atoms with Crippen LogP contribution >= 0.6 is 0 Å². The van der Waals surface area contributed by atoms with Gasteiger partial charge in [-0.05, 0) is 59.7 Å². The zero-order chi connectivity index (χ0) is 24.1. The molecule has 0 radical (unpaired) electrons. The molecule has 2 saturated heterocycles. The molecule has 2 N–H and O–H groups in total. The summed E-state index contributed by atoms with van der Waals surface area (Å²) in [5.41, 5.74) is 1.61. The van der Waals surface area contributed by atoms with E-state index in [1.807, 2.05) is 6.07 Å². The van der Waals surface area contributed by atoms with Gasteiger partial charge in [-0.2, -0.15) is 0 Å². The van der Waals surface area contributed by atoms with Crippen molar-refractivity contribution in [3.63, 3.8) is 0 Å². The number of carbonyl (C=O) groups is 2. The van der Waals surface area contributed by atoms with Crippen molar-refractivity contribution in [2.75, 3.05) is 13.6 Å². The van der Waals surface area contributed by atoms with Gasteiger partial charge in [0, 0.05) is 21.2 Å². The fourth-order valence-corrected chi connectivity index (χ4v) is 4.10. The monoisotopic (exact) mass is 471 g/mol. The smallest absolute Gasteiger partial charge is 0.406 e. The van der Waals surface area contributed by atoms with Gasteiger partial charge in [-0.15, -0.1) is 13.2 Å². The highest BCUT2D eigenvalue weighted by Gasteiger charge is 2.50. The number of likely N-dealkylation sites (tertiary alicyclic amines) is 1. The molecular formula is C21H24F3N3O6. The second-order valence-corrected chi connectivity index (χ2v) is 7.61. The SMILES string of the molecule is CN1CC[C@@]2(CC[C@H](c3cc(-c4cccc(OC(F)(F)F)c4)ccn3)N2)C1=O.O=COOO.[HH]. The lowest BCUT2D eigenvalue weighted by atomic mass is 9.96. The van der Waals surface area contributed by atoms with Gasteiger partial charge >= 0.3 is 12.8 Å². The lowest BCUT2D eigenvalue weighted by molar-refractivity contribution is -0.456. The quantitative estimate of drug-likeness (QED) is 0.388. The summed E-state index contributed by atoms with van der Waals surface area (Å²) in [5, 5.41) is 13.4.